The fraction of sp³-hybridized carbons (Fsp3) is 0.286. The average molecular weight is 211 g/mol. The molecule has 1 aromatic rings. The quantitative estimate of drug-likeness (QED) is 0.602. The maximum Gasteiger partial charge on any atom is 0.282 e. The molecular formula is C7H6ClF3N2. The normalized spacial score (nSPS) is 10.8. The highest BCUT2D eigenvalue weighted by atomic mass is 35.5. The minimum atomic E-state index is -2.88. The van der Waals surface area contributed by atoms with Crippen molar-refractivity contribution in [3.05, 3.63) is 23.3 Å². The van der Waals surface area contributed by atoms with Crippen LogP contribution in [0.3, 0.4) is 0 Å². The SMILES string of the molecule is Nc1cc(CCl)c(F)nc1C(F)F. The summed E-state index contributed by atoms with van der Waals surface area (Å²) in [6, 6.07) is 1.07. The maximum absolute atomic E-state index is 12.8. The topological polar surface area (TPSA) is 38.9 Å². The number of halogens is 4. The molecule has 1 heterocycles. The molecule has 0 saturated heterocycles. The van der Waals surface area contributed by atoms with Crippen molar-refractivity contribution in [3.8, 4) is 0 Å². The van der Waals surface area contributed by atoms with E-state index in [0.29, 0.717) is 0 Å². The van der Waals surface area contributed by atoms with Crippen LogP contribution in [-0.4, -0.2) is 4.98 Å². The second-order valence-electron chi connectivity index (χ2n) is 2.35. The zero-order chi connectivity index (χ0) is 10.0. The number of anilines is 1. The second kappa shape index (κ2) is 3.83. The van der Waals surface area contributed by atoms with Crippen LogP contribution < -0.4 is 5.73 Å². The summed E-state index contributed by atoms with van der Waals surface area (Å²) in [6.07, 6.45) is -2.88. The number of hydrogen-bond acceptors (Lipinski definition) is 2. The van der Waals surface area contributed by atoms with Gasteiger partial charge in [-0.05, 0) is 6.07 Å². The Morgan fingerprint density at radius 2 is 2.15 bits per heavy atom. The largest absolute Gasteiger partial charge is 0.397 e. The van der Waals surface area contributed by atoms with E-state index in [1.807, 2.05) is 0 Å². The summed E-state index contributed by atoms with van der Waals surface area (Å²) in [7, 11) is 0. The maximum atomic E-state index is 12.8. The third-order valence-corrected chi connectivity index (χ3v) is 1.75. The minimum Gasteiger partial charge on any atom is -0.397 e. The first-order valence-corrected chi connectivity index (χ1v) is 3.88. The zero-order valence-corrected chi connectivity index (χ0v) is 7.15. The van der Waals surface area contributed by atoms with Crippen LogP contribution in [0.1, 0.15) is 17.7 Å². The average Bonchev–Trinajstić information content (AvgIpc) is 2.07. The van der Waals surface area contributed by atoms with E-state index >= 15 is 0 Å². The van der Waals surface area contributed by atoms with Crippen molar-refractivity contribution < 1.29 is 13.2 Å². The molecule has 6 heteroatoms. The lowest BCUT2D eigenvalue weighted by Crippen LogP contribution is -2.03. The number of alkyl halides is 3. The molecule has 0 radical (unpaired) electrons. The van der Waals surface area contributed by atoms with E-state index in [9.17, 15) is 13.2 Å². The van der Waals surface area contributed by atoms with Gasteiger partial charge in [-0.2, -0.15) is 4.39 Å². The predicted molar refractivity (Wildman–Crippen MR) is 43.1 cm³/mol. The fourth-order valence-corrected chi connectivity index (χ4v) is 1.02. The highest BCUT2D eigenvalue weighted by molar-refractivity contribution is 6.17. The van der Waals surface area contributed by atoms with Crippen molar-refractivity contribution in [1.29, 1.82) is 0 Å². The van der Waals surface area contributed by atoms with E-state index < -0.39 is 18.1 Å². The van der Waals surface area contributed by atoms with Gasteiger partial charge >= 0.3 is 0 Å². The molecule has 0 bridgehead atoms. The molecule has 1 aromatic heterocycles. The number of nitrogen functional groups attached to an aromatic ring is 1. The monoisotopic (exact) mass is 210 g/mol. The van der Waals surface area contributed by atoms with E-state index in [0.717, 1.165) is 6.07 Å². The molecule has 72 valence electrons. The summed E-state index contributed by atoms with van der Waals surface area (Å²) < 4.78 is 37.0. The molecule has 2 nitrogen and oxygen atoms in total. The summed E-state index contributed by atoms with van der Waals surface area (Å²) in [5.74, 6) is -1.15. The second-order valence-corrected chi connectivity index (χ2v) is 2.61. The molecule has 0 atom stereocenters. The third kappa shape index (κ3) is 2.03. The minimum absolute atomic E-state index is 0.0172. The fourth-order valence-electron chi connectivity index (χ4n) is 0.832. The third-order valence-electron chi connectivity index (χ3n) is 1.46. The molecule has 0 aromatic carbocycles. The van der Waals surface area contributed by atoms with Crippen molar-refractivity contribution in [2.24, 2.45) is 0 Å². The van der Waals surface area contributed by atoms with E-state index in [2.05, 4.69) is 4.98 Å². The van der Waals surface area contributed by atoms with E-state index in [1.165, 1.54) is 0 Å². The summed E-state index contributed by atoms with van der Waals surface area (Å²) >= 11 is 5.31. The Kier molecular flexibility index (Phi) is 2.98. The molecule has 0 aliphatic rings. The lowest BCUT2D eigenvalue weighted by atomic mass is 10.2. The molecule has 0 aliphatic carbocycles. The molecule has 0 amide bonds. The number of pyridine rings is 1. The van der Waals surface area contributed by atoms with Crippen LogP contribution >= 0.6 is 11.6 Å². The van der Waals surface area contributed by atoms with Gasteiger partial charge in [0.2, 0.25) is 5.95 Å². The summed E-state index contributed by atoms with van der Waals surface area (Å²) in [6.45, 7) is 0. The van der Waals surface area contributed by atoms with E-state index in [4.69, 9.17) is 17.3 Å². The molecule has 13 heavy (non-hydrogen) atoms. The van der Waals surface area contributed by atoms with Gasteiger partial charge in [-0.25, -0.2) is 13.8 Å². The van der Waals surface area contributed by atoms with Crippen molar-refractivity contribution >= 4 is 17.3 Å². The van der Waals surface area contributed by atoms with Gasteiger partial charge in [0.1, 0.15) is 5.69 Å². The number of nitrogens with zero attached hydrogens (tertiary/aromatic N) is 1. The lowest BCUT2D eigenvalue weighted by molar-refractivity contribution is 0.145. The Labute approximate surface area is 77.5 Å². The van der Waals surface area contributed by atoms with Crippen molar-refractivity contribution in [2.45, 2.75) is 12.3 Å². The number of nitrogens with two attached hydrogens (primary N) is 1. The van der Waals surface area contributed by atoms with Crippen LogP contribution in [0.15, 0.2) is 6.07 Å². The van der Waals surface area contributed by atoms with Crippen LogP contribution in [0.5, 0.6) is 0 Å². The van der Waals surface area contributed by atoms with Crippen LogP contribution in [0, 0.1) is 5.95 Å². The number of aromatic nitrogens is 1. The lowest BCUT2D eigenvalue weighted by Gasteiger charge is -2.05. The predicted octanol–water partition coefficient (Wildman–Crippen LogP) is 2.48. The van der Waals surface area contributed by atoms with Gasteiger partial charge in [-0.3, -0.25) is 0 Å². The Bertz CT molecular complexity index is 317. The molecule has 2 N–H and O–H groups in total. The molecule has 0 aliphatic heterocycles. The Hall–Kier alpha value is -0.970. The van der Waals surface area contributed by atoms with Gasteiger partial charge in [0.15, 0.2) is 0 Å². The molecule has 1 rings (SSSR count). The smallest absolute Gasteiger partial charge is 0.282 e. The van der Waals surface area contributed by atoms with Crippen LogP contribution in [0.25, 0.3) is 0 Å². The Morgan fingerprint density at radius 3 is 2.62 bits per heavy atom. The Morgan fingerprint density at radius 1 is 1.54 bits per heavy atom. The van der Waals surface area contributed by atoms with E-state index in [1.54, 1.807) is 0 Å². The van der Waals surface area contributed by atoms with Gasteiger partial charge < -0.3 is 5.73 Å². The number of rotatable bonds is 2. The first-order chi connectivity index (χ1) is 6.06. The molecule has 0 unspecified atom stereocenters. The van der Waals surface area contributed by atoms with Gasteiger partial charge in [-0.15, -0.1) is 11.6 Å². The summed E-state index contributed by atoms with van der Waals surface area (Å²) in [5, 5.41) is 0. The summed E-state index contributed by atoms with van der Waals surface area (Å²) in [4.78, 5) is 3.02. The van der Waals surface area contributed by atoms with Crippen LogP contribution in [-0.2, 0) is 5.88 Å². The molecular weight excluding hydrogens is 205 g/mol. The first kappa shape index (κ1) is 10.1. The van der Waals surface area contributed by atoms with Gasteiger partial charge in [-0.1, -0.05) is 0 Å². The molecule has 0 spiro atoms. The standard InChI is InChI=1S/C7H6ClF3N2/c8-2-3-1-4(12)5(6(9)10)13-7(3)11/h1,6H,2,12H2. The van der Waals surface area contributed by atoms with Crippen molar-refractivity contribution in [1.82, 2.24) is 4.98 Å². The Balaban J connectivity index is 3.20. The first-order valence-electron chi connectivity index (χ1n) is 3.35. The van der Waals surface area contributed by atoms with Crippen molar-refractivity contribution in [2.75, 3.05) is 5.73 Å². The molecule has 0 saturated carbocycles. The molecule has 0 fully saturated rings. The van der Waals surface area contributed by atoms with Crippen molar-refractivity contribution in [3.63, 3.8) is 0 Å². The van der Waals surface area contributed by atoms with Gasteiger partial charge in [0, 0.05) is 5.56 Å². The zero-order valence-electron chi connectivity index (χ0n) is 6.40. The summed E-state index contributed by atoms with van der Waals surface area (Å²) in [5.41, 5.74) is 4.23. The van der Waals surface area contributed by atoms with E-state index in [-0.39, 0.29) is 17.1 Å². The van der Waals surface area contributed by atoms with Crippen LogP contribution in [0.2, 0.25) is 0 Å². The van der Waals surface area contributed by atoms with Gasteiger partial charge in [0.05, 0.1) is 11.6 Å². The van der Waals surface area contributed by atoms with Crippen LogP contribution in [0.4, 0.5) is 18.9 Å². The highest BCUT2D eigenvalue weighted by Crippen LogP contribution is 2.25. The van der Waals surface area contributed by atoms with Gasteiger partial charge in [0.25, 0.3) is 6.43 Å². The highest BCUT2D eigenvalue weighted by Gasteiger charge is 2.16. The number of hydrogen-bond donors (Lipinski definition) is 1.